The van der Waals surface area contributed by atoms with Gasteiger partial charge in [-0.1, -0.05) is 12.1 Å². The summed E-state index contributed by atoms with van der Waals surface area (Å²) >= 11 is 0. The highest BCUT2D eigenvalue weighted by molar-refractivity contribution is 5.80. The maximum Gasteiger partial charge on any atom is 0.204 e. The minimum absolute atomic E-state index is 0.663. The molecule has 0 fully saturated rings. The number of benzene rings is 2. The summed E-state index contributed by atoms with van der Waals surface area (Å²) in [5, 5.41) is 1.04. The van der Waals surface area contributed by atoms with Crippen LogP contribution < -0.4 is 14.8 Å². The van der Waals surface area contributed by atoms with E-state index in [1.165, 1.54) is 0 Å². The molecule has 3 aromatic rings. The zero-order valence-corrected chi connectivity index (χ0v) is 19.6. The van der Waals surface area contributed by atoms with Crippen molar-refractivity contribution in [2.45, 2.75) is 26.9 Å². The summed E-state index contributed by atoms with van der Waals surface area (Å²) in [6.45, 7) is 7.54. The molecule has 3 heterocycles. The molecule has 2 aromatic heterocycles. The highest BCUT2D eigenvalue weighted by Crippen LogP contribution is 2.27. The Bertz CT molecular complexity index is 1380. The molecule has 1 aliphatic carbocycles. The fourth-order valence-corrected chi connectivity index (χ4v) is 4.20. The van der Waals surface area contributed by atoms with Gasteiger partial charge in [-0.05, 0) is 56.3 Å². The van der Waals surface area contributed by atoms with Crippen LogP contribution in [0, 0.1) is 0 Å². The lowest BCUT2D eigenvalue weighted by Gasteiger charge is -2.21. The van der Waals surface area contributed by atoms with E-state index in [-0.39, 0.29) is 0 Å². The van der Waals surface area contributed by atoms with E-state index < -0.39 is 0 Å². The second kappa shape index (κ2) is 9.83. The van der Waals surface area contributed by atoms with Crippen molar-refractivity contribution in [3.8, 4) is 11.5 Å². The summed E-state index contributed by atoms with van der Waals surface area (Å²) in [7, 11) is 0. The van der Waals surface area contributed by atoms with Gasteiger partial charge in [0.05, 0.1) is 6.07 Å². The molecule has 0 atom stereocenters. The minimum Gasteiger partial charge on any atom is -0.452 e. The van der Waals surface area contributed by atoms with Gasteiger partial charge in [0, 0.05) is 43.3 Å². The van der Waals surface area contributed by atoms with Gasteiger partial charge in [-0.25, -0.2) is 9.56 Å². The molecule has 6 nitrogen and oxygen atoms in total. The smallest absolute Gasteiger partial charge is 0.204 e. The molecule has 170 valence electrons. The molecule has 6 heteroatoms. The number of pyridine rings is 2. The van der Waals surface area contributed by atoms with Crippen LogP contribution in [0.4, 0.5) is 5.69 Å². The maximum absolute atomic E-state index is 6.37. The van der Waals surface area contributed by atoms with Crippen molar-refractivity contribution in [3.05, 3.63) is 102 Å². The van der Waals surface area contributed by atoms with Crippen molar-refractivity contribution in [2.24, 2.45) is 0 Å². The Morgan fingerprint density at radius 1 is 0.794 bits per heavy atom. The van der Waals surface area contributed by atoms with Gasteiger partial charge >= 0.3 is 0 Å². The fraction of sp³-hybridized carbons (Fsp3) is 0.214. The third-order valence-corrected chi connectivity index (χ3v) is 6.00. The zero-order chi connectivity index (χ0) is 23.3. The molecule has 1 aromatic carbocycles. The van der Waals surface area contributed by atoms with Crippen molar-refractivity contribution < 1.29 is 4.42 Å². The summed E-state index contributed by atoms with van der Waals surface area (Å²) < 4.78 is 8.63. The number of rotatable bonds is 7. The Kier molecular flexibility index (Phi) is 6.29. The lowest BCUT2D eigenvalue weighted by Crippen LogP contribution is -2.30. The van der Waals surface area contributed by atoms with Gasteiger partial charge in [0.25, 0.3) is 0 Å². The van der Waals surface area contributed by atoms with E-state index in [1.807, 2.05) is 60.9 Å². The van der Waals surface area contributed by atoms with E-state index in [1.54, 1.807) is 0 Å². The summed E-state index contributed by atoms with van der Waals surface area (Å²) in [4.78, 5) is 16.2. The molecule has 0 unspecified atom stereocenters. The molecule has 2 aliphatic rings. The second-order valence-corrected chi connectivity index (χ2v) is 8.19. The molecular formula is C28H28N5O+. The third-order valence-electron chi connectivity index (χ3n) is 6.00. The van der Waals surface area contributed by atoms with E-state index in [4.69, 9.17) is 9.40 Å². The molecule has 0 saturated heterocycles. The van der Waals surface area contributed by atoms with E-state index in [9.17, 15) is 0 Å². The summed E-state index contributed by atoms with van der Waals surface area (Å²) in [5.41, 5.74) is 5.62. The van der Waals surface area contributed by atoms with E-state index in [0.29, 0.717) is 13.1 Å². The standard InChI is InChI=1S/C28H28N5O/c1-3-32(4-2)23-11-13-25-27(17-23)34-28-18-24(12-14-26(28)31-25)33(19-21-9-5-7-15-29-21)20-22-10-6-8-16-30-22/h5-18H,3-4,19-20H2,1-2H3/q+1. The van der Waals surface area contributed by atoms with Crippen LogP contribution in [0.1, 0.15) is 25.2 Å². The molecule has 5 rings (SSSR count). The summed E-state index contributed by atoms with van der Waals surface area (Å²) in [6.07, 6.45) is 3.65. The first-order chi connectivity index (χ1) is 16.7. The van der Waals surface area contributed by atoms with Gasteiger partial charge in [-0.15, -0.1) is 0 Å². The van der Waals surface area contributed by atoms with Gasteiger partial charge < -0.3 is 9.32 Å². The number of nitrogens with zero attached hydrogens (tertiary/aromatic N) is 5. The molecule has 0 amide bonds. The third kappa shape index (κ3) is 4.66. The first-order valence-corrected chi connectivity index (χ1v) is 11.7. The minimum atomic E-state index is 0.663. The largest absolute Gasteiger partial charge is 0.452 e. The molecule has 0 saturated carbocycles. The highest BCUT2D eigenvalue weighted by atomic mass is 16.3. The normalized spacial score (nSPS) is 11.1. The average molecular weight is 451 g/mol. The summed E-state index contributed by atoms with van der Waals surface area (Å²) in [6, 6.07) is 24.4. The van der Waals surface area contributed by atoms with Gasteiger partial charge in [-0.3, -0.25) is 9.97 Å². The van der Waals surface area contributed by atoms with Crippen molar-refractivity contribution in [1.29, 1.82) is 0 Å². The molecule has 34 heavy (non-hydrogen) atoms. The predicted octanol–water partition coefficient (Wildman–Crippen LogP) is 4.74. The van der Waals surface area contributed by atoms with Crippen molar-refractivity contribution in [2.75, 3.05) is 18.0 Å². The molecule has 0 bridgehead atoms. The van der Waals surface area contributed by atoms with Crippen molar-refractivity contribution >= 4 is 16.8 Å². The predicted molar refractivity (Wildman–Crippen MR) is 135 cm³/mol. The van der Waals surface area contributed by atoms with Crippen LogP contribution in [0.2, 0.25) is 0 Å². The second-order valence-electron chi connectivity index (χ2n) is 8.19. The van der Waals surface area contributed by atoms with Crippen LogP contribution in [-0.4, -0.2) is 28.0 Å². The van der Waals surface area contributed by atoms with Crippen LogP contribution in [0.25, 0.3) is 22.6 Å². The van der Waals surface area contributed by atoms with Crippen LogP contribution >= 0.6 is 0 Å². The monoisotopic (exact) mass is 450 g/mol. The number of hydrogen-bond acceptors (Lipinski definition) is 5. The Morgan fingerprint density at radius 3 is 2.12 bits per heavy atom. The van der Waals surface area contributed by atoms with Crippen LogP contribution in [0.3, 0.4) is 0 Å². The number of fused-ring (bicyclic) bond motifs is 2. The van der Waals surface area contributed by atoms with E-state index >= 15 is 0 Å². The number of anilines is 1. The van der Waals surface area contributed by atoms with E-state index in [2.05, 4.69) is 57.6 Å². The Labute approximate surface area is 199 Å². The van der Waals surface area contributed by atoms with Gasteiger partial charge in [0.15, 0.2) is 24.4 Å². The van der Waals surface area contributed by atoms with Gasteiger partial charge in [0.1, 0.15) is 22.6 Å². The van der Waals surface area contributed by atoms with Crippen LogP contribution in [0.5, 0.6) is 0 Å². The molecular weight excluding hydrogens is 422 g/mol. The number of aromatic nitrogens is 3. The molecule has 1 aliphatic heterocycles. The SMILES string of the molecule is CCN(CC)c1ccc2nc3ccc(=[N+](Cc4ccccn4)Cc4ccccn4)cc-3oc2c1. The zero-order valence-electron chi connectivity index (χ0n) is 19.6. The first kappa shape index (κ1) is 21.8. The lowest BCUT2D eigenvalue weighted by molar-refractivity contribution is 0.545. The van der Waals surface area contributed by atoms with Crippen LogP contribution in [-0.2, 0) is 13.1 Å². The van der Waals surface area contributed by atoms with Crippen molar-refractivity contribution in [3.63, 3.8) is 0 Å². The van der Waals surface area contributed by atoms with Crippen molar-refractivity contribution in [1.82, 2.24) is 19.5 Å². The molecule has 0 radical (unpaired) electrons. The first-order valence-electron chi connectivity index (χ1n) is 11.7. The lowest BCUT2D eigenvalue weighted by atomic mass is 10.2. The number of hydrogen-bond donors (Lipinski definition) is 0. The highest BCUT2D eigenvalue weighted by Gasteiger charge is 2.16. The Morgan fingerprint density at radius 2 is 1.50 bits per heavy atom. The van der Waals surface area contributed by atoms with Gasteiger partial charge in [0.2, 0.25) is 5.36 Å². The fourth-order valence-electron chi connectivity index (χ4n) is 4.20. The summed E-state index contributed by atoms with van der Waals surface area (Å²) in [5.74, 6) is 0.758. The molecule has 0 N–H and O–H groups in total. The topological polar surface area (TPSA) is 58.1 Å². The molecule has 0 spiro atoms. The Balaban J connectivity index is 1.63. The Hall–Kier alpha value is -4.06. The van der Waals surface area contributed by atoms with Gasteiger partial charge in [-0.2, -0.15) is 0 Å². The maximum atomic E-state index is 6.37. The average Bonchev–Trinajstić information content (AvgIpc) is 2.89. The quantitative estimate of drug-likeness (QED) is 0.265. The van der Waals surface area contributed by atoms with E-state index in [0.717, 1.165) is 58.1 Å². The van der Waals surface area contributed by atoms with Crippen LogP contribution in [0.15, 0.2) is 89.6 Å².